The monoisotopic (exact) mass is 347 g/mol. The molecule has 2 heterocycles. The summed E-state index contributed by atoms with van der Waals surface area (Å²) < 4.78 is 15.6. The first-order valence-corrected chi connectivity index (χ1v) is 7.97. The molecular formula is C16H18FN5O3. The Labute approximate surface area is 143 Å². The first-order valence-electron chi connectivity index (χ1n) is 7.97. The van der Waals surface area contributed by atoms with Gasteiger partial charge in [-0.25, -0.2) is 4.39 Å². The molecule has 0 unspecified atom stereocenters. The van der Waals surface area contributed by atoms with Gasteiger partial charge in [0.05, 0.1) is 5.69 Å². The Morgan fingerprint density at radius 1 is 1.40 bits per heavy atom. The van der Waals surface area contributed by atoms with Crippen molar-refractivity contribution >= 4 is 23.1 Å². The molecule has 3 rings (SSSR count). The number of aromatic nitrogens is 2. The van der Waals surface area contributed by atoms with Crippen molar-refractivity contribution in [3.8, 4) is 0 Å². The number of nitrogens with zero attached hydrogens (tertiary/aromatic N) is 4. The van der Waals surface area contributed by atoms with E-state index in [9.17, 15) is 19.3 Å². The van der Waals surface area contributed by atoms with Crippen LogP contribution in [0.5, 0.6) is 0 Å². The minimum absolute atomic E-state index is 0.140. The molecule has 132 valence electrons. The number of hydrogen-bond donors (Lipinski definition) is 1. The predicted octanol–water partition coefficient (Wildman–Crippen LogP) is 2.48. The molecule has 9 heteroatoms. The molecule has 0 bridgehead atoms. The summed E-state index contributed by atoms with van der Waals surface area (Å²) in [5.41, 5.74) is 0.792. The number of nitro groups is 1. The average Bonchev–Trinajstić information content (AvgIpc) is 3.20. The highest BCUT2D eigenvalue weighted by Crippen LogP contribution is 2.31. The molecule has 1 aromatic carbocycles. The second-order valence-electron chi connectivity index (χ2n) is 5.91. The zero-order valence-electron chi connectivity index (χ0n) is 13.7. The van der Waals surface area contributed by atoms with Crippen LogP contribution in [0.15, 0.2) is 24.4 Å². The van der Waals surface area contributed by atoms with Gasteiger partial charge < -0.3 is 20.3 Å². The number of hydrogen-bond acceptors (Lipinski definition) is 5. The summed E-state index contributed by atoms with van der Waals surface area (Å²) in [6.45, 7) is 3.03. The molecule has 1 aliphatic rings. The van der Waals surface area contributed by atoms with E-state index in [1.54, 1.807) is 19.1 Å². The van der Waals surface area contributed by atoms with Crippen LogP contribution in [0.3, 0.4) is 0 Å². The Morgan fingerprint density at radius 2 is 2.12 bits per heavy atom. The van der Waals surface area contributed by atoms with Gasteiger partial charge in [0.1, 0.15) is 24.2 Å². The van der Waals surface area contributed by atoms with Gasteiger partial charge in [-0.15, -0.1) is 0 Å². The summed E-state index contributed by atoms with van der Waals surface area (Å²) >= 11 is 0. The summed E-state index contributed by atoms with van der Waals surface area (Å²) in [6.07, 6.45) is 3.25. The van der Waals surface area contributed by atoms with Gasteiger partial charge >= 0.3 is 5.82 Å². The number of benzene rings is 1. The number of rotatable bonds is 5. The van der Waals surface area contributed by atoms with Gasteiger partial charge in [0.25, 0.3) is 0 Å². The lowest BCUT2D eigenvalue weighted by Crippen LogP contribution is -2.24. The lowest BCUT2D eigenvalue weighted by molar-refractivity contribution is -0.389. The maximum absolute atomic E-state index is 14.2. The van der Waals surface area contributed by atoms with E-state index in [0.717, 1.165) is 25.9 Å². The van der Waals surface area contributed by atoms with E-state index in [0.29, 0.717) is 11.5 Å². The topological polar surface area (TPSA) is 93.3 Å². The highest BCUT2D eigenvalue weighted by atomic mass is 19.1. The Bertz CT molecular complexity index is 814. The maximum Gasteiger partial charge on any atom is 0.381 e. The van der Waals surface area contributed by atoms with Crippen LogP contribution in [0, 0.1) is 22.9 Å². The minimum Gasteiger partial charge on any atom is -0.370 e. The van der Waals surface area contributed by atoms with Crippen LogP contribution in [0.25, 0.3) is 0 Å². The van der Waals surface area contributed by atoms with Gasteiger partial charge in [0.15, 0.2) is 0 Å². The summed E-state index contributed by atoms with van der Waals surface area (Å²) in [6, 6.07) is 4.68. The molecule has 25 heavy (non-hydrogen) atoms. The van der Waals surface area contributed by atoms with Crippen molar-refractivity contribution in [2.24, 2.45) is 0 Å². The summed E-state index contributed by atoms with van der Waals surface area (Å²) in [7, 11) is 0. The van der Waals surface area contributed by atoms with Crippen molar-refractivity contribution in [3.63, 3.8) is 0 Å². The Morgan fingerprint density at radius 3 is 2.76 bits per heavy atom. The van der Waals surface area contributed by atoms with Crippen molar-refractivity contribution in [1.29, 1.82) is 0 Å². The summed E-state index contributed by atoms with van der Waals surface area (Å²) in [5, 5.41) is 13.3. The van der Waals surface area contributed by atoms with Gasteiger partial charge in [-0.1, -0.05) is 6.07 Å². The molecular weight excluding hydrogens is 329 g/mol. The highest BCUT2D eigenvalue weighted by molar-refractivity contribution is 5.94. The number of amides is 1. The number of para-hydroxylation sites is 1. The van der Waals surface area contributed by atoms with Crippen molar-refractivity contribution in [2.45, 2.75) is 26.3 Å². The van der Waals surface area contributed by atoms with E-state index < -0.39 is 16.6 Å². The third kappa shape index (κ3) is 3.59. The third-order valence-electron chi connectivity index (χ3n) is 4.17. The average molecular weight is 347 g/mol. The molecule has 0 spiro atoms. The SMILES string of the molecule is Cc1nc([N+](=O)[O-])cn1CC(=O)Nc1c(F)cccc1N1CCCC1. The molecule has 0 aliphatic carbocycles. The van der Waals surface area contributed by atoms with E-state index >= 15 is 0 Å². The standard InChI is InChI=1S/C16H18FN5O3/c1-11-18-14(22(24)25)9-21(11)10-15(23)19-16-12(17)5-4-6-13(16)20-7-2-3-8-20/h4-6,9H,2-3,7-8,10H2,1H3,(H,19,23). The maximum atomic E-state index is 14.2. The first-order chi connectivity index (χ1) is 12.0. The molecule has 0 saturated carbocycles. The van der Waals surface area contributed by atoms with E-state index in [1.807, 2.05) is 4.90 Å². The Kier molecular flexibility index (Phi) is 4.64. The fourth-order valence-electron chi connectivity index (χ4n) is 2.93. The van der Waals surface area contributed by atoms with Crippen molar-refractivity contribution in [2.75, 3.05) is 23.3 Å². The molecule has 2 aromatic rings. The van der Waals surface area contributed by atoms with Gasteiger partial charge in [-0.05, 0) is 34.9 Å². The van der Waals surface area contributed by atoms with Crippen molar-refractivity contribution in [3.05, 3.63) is 46.2 Å². The number of halogens is 1. The number of carbonyl (C=O) groups excluding carboxylic acids is 1. The largest absolute Gasteiger partial charge is 0.381 e. The second kappa shape index (κ2) is 6.88. The number of anilines is 2. The van der Waals surface area contributed by atoms with Gasteiger partial charge in [0, 0.05) is 20.0 Å². The van der Waals surface area contributed by atoms with Crippen LogP contribution in [-0.4, -0.2) is 33.5 Å². The quantitative estimate of drug-likeness (QED) is 0.662. The van der Waals surface area contributed by atoms with Crippen molar-refractivity contribution in [1.82, 2.24) is 9.55 Å². The van der Waals surface area contributed by atoms with E-state index in [4.69, 9.17) is 0 Å². The molecule has 8 nitrogen and oxygen atoms in total. The highest BCUT2D eigenvalue weighted by Gasteiger charge is 2.21. The van der Waals surface area contributed by atoms with Crippen LogP contribution in [0.1, 0.15) is 18.7 Å². The minimum atomic E-state index is -0.621. The van der Waals surface area contributed by atoms with Gasteiger partial charge in [-0.2, -0.15) is 0 Å². The smallest absolute Gasteiger partial charge is 0.370 e. The van der Waals surface area contributed by atoms with Crippen LogP contribution in [0.4, 0.5) is 21.6 Å². The van der Waals surface area contributed by atoms with E-state index in [2.05, 4.69) is 10.3 Å². The number of carbonyl (C=O) groups is 1. The molecule has 1 saturated heterocycles. The Hall–Kier alpha value is -2.97. The van der Waals surface area contributed by atoms with Gasteiger partial charge in [-0.3, -0.25) is 9.36 Å². The van der Waals surface area contributed by atoms with Crippen LogP contribution < -0.4 is 10.2 Å². The number of imidazole rings is 1. The van der Waals surface area contributed by atoms with Crippen LogP contribution in [0.2, 0.25) is 0 Å². The molecule has 1 amide bonds. The molecule has 1 aromatic heterocycles. The number of nitrogens with one attached hydrogen (secondary N) is 1. The normalized spacial score (nSPS) is 13.9. The number of aryl methyl sites for hydroxylation is 1. The van der Waals surface area contributed by atoms with Crippen LogP contribution >= 0.6 is 0 Å². The fourth-order valence-corrected chi connectivity index (χ4v) is 2.93. The molecule has 1 fully saturated rings. The lowest BCUT2D eigenvalue weighted by Gasteiger charge is -2.22. The zero-order valence-corrected chi connectivity index (χ0v) is 13.7. The Balaban J connectivity index is 1.78. The molecule has 1 aliphatic heterocycles. The predicted molar refractivity (Wildman–Crippen MR) is 90.1 cm³/mol. The summed E-state index contributed by atoms with van der Waals surface area (Å²) in [5.74, 6) is -0.962. The van der Waals surface area contributed by atoms with Crippen LogP contribution in [-0.2, 0) is 11.3 Å². The van der Waals surface area contributed by atoms with E-state index in [-0.39, 0.29) is 18.1 Å². The van der Waals surface area contributed by atoms with Crippen molar-refractivity contribution < 1.29 is 14.1 Å². The van der Waals surface area contributed by atoms with Gasteiger partial charge in [0.2, 0.25) is 11.7 Å². The molecule has 1 N–H and O–H groups in total. The third-order valence-corrected chi connectivity index (χ3v) is 4.17. The molecule has 0 atom stereocenters. The first kappa shape index (κ1) is 16.9. The van der Waals surface area contributed by atoms with E-state index in [1.165, 1.54) is 16.8 Å². The summed E-state index contributed by atoms with van der Waals surface area (Å²) in [4.78, 5) is 28.3. The second-order valence-corrected chi connectivity index (χ2v) is 5.91. The zero-order chi connectivity index (χ0) is 18.0. The fraction of sp³-hybridized carbons (Fsp3) is 0.375. The lowest BCUT2D eigenvalue weighted by atomic mass is 10.2. The molecule has 0 radical (unpaired) electrons.